The summed E-state index contributed by atoms with van der Waals surface area (Å²) in [6, 6.07) is 3.91. The van der Waals surface area contributed by atoms with E-state index in [4.69, 9.17) is 10.4 Å². The Hall–Kier alpha value is -1.61. The van der Waals surface area contributed by atoms with Gasteiger partial charge in [-0.05, 0) is 15.9 Å². The van der Waals surface area contributed by atoms with Crippen LogP contribution in [-0.2, 0) is 0 Å². The Morgan fingerprint density at radius 2 is 2.23 bits per heavy atom. The third kappa shape index (κ3) is 1.76. The van der Waals surface area contributed by atoms with E-state index in [2.05, 4.69) is 15.9 Å². The number of rotatable bonds is 1. The molecule has 13 heavy (non-hydrogen) atoms. The number of halogens is 1. The molecule has 0 aromatic heterocycles. The number of aromatic hydroxyl groups is 1. The quantitative estimate of drug-likeness (QED) is 0.602. The zero-order chi connectivity index (χ0) is 10.0. The summed E-state index contributed by atoms with van der Waals surface area (Å²) in [7, 11) is 0. The second-order valence-electron chi connectivity index (χ2n) is 2.19. The summed E-state index contributed by atoms with van der Waals surface area (Å²) < 4.78 is 0.291. The van der Waals surface area contributed by atoms with Crippen LogP contribution in [0.4, 0.5) is 5.69 Å². The minimum absolute atomic E-state index is 0.156. The van der Waals surface area contributed by atoms with E-state index in [9.17, 15) is 10.1 Å². The molecule has 1 rings (SSSR count). The van der Waals surface area contributed by atoms with E-state index in [1.807, 2.05) is 0 Å². The van der Waals surface area contributed by atoms with Crippen molar-refractivity contribution in [1.29, 1.82) is 5.26 Å². The summed E-state index contributed by atoms with van der Waals surface area (Å²) in [5, 5.41) is 27.9. The van der Waals surface area contributed by atoms with Gasteiger partial charge in [0, 0.05) is 16.6 Å². The van der Waals surface area contributed by atoms with Gasteiger partial charge in [-0.25, -0.2) is 0 Å². The monoisotopic (exact) mass is 242 g/mol. The van der Waals surface area contributed by atoms with E-state index in [0.717, 1.165) is 12.1 Å². The van der Waals surface area contributed by atoms with Crippen LogP contribution in [0, 0.1) is 21.4 Å². The van der Waals surface area contributed by atoms with E-state index in [1.165, 1.54) is 0 Å². The lowest BCUT2D eigenvalue weighted by Gasteiger charge is -1.97. The highest BCUT2D eigenvalue weighted by Crippen LogP contribution is 2.31. The fourth-order valence-electron chi connectivity index (χ4n) is 0.783. The number of nitro groups is 1. The van der Waals surface area contributed by atoms with Crippen LogP contribution in [0.1, 0.15) is 5.56 Å². The molecule has 0 radical (unpaired) electrons. The molecule has 1 aromatic rings. The van der Waals surface area contributed by atoms with Crippen molar-refractivity contribution in [1.82, 2.24) is 0 Å². The number of phenols is 1. The van der Waals surface area contributed by atoms with Gasteiger partial charge in [-0.3, -0.25) is 10.1 Å². The van der Waals surface area contributed by atoms with Crippen LogP contribution < -0.4 is 0 Å². The number of hydrogen-bond donors (Lipinski definition) is 1. The van der Waals surface area contributed by atoms with Gasteiger partial charge in [-0.15, -0.1) is 0 Å². The van der Waals surface area contributed by atoms with Gasteiger partial charge in [0.15, 0.2) is 5.75 Å². The zero-order valence-corrected chi connectivity index (χ0v) is 7.78. The summed E-state index contributed by atoms with van der Waals surface area (Å²) in [5.74, 6) is -0.509. The Kier molecular flexibility index (Phi) is 2.49. The summed E-state index contributed by atoms with van der Waals surface area (Å²) in [6.45, 7) is 0. The fraction of sp³-hybridized carbons (Fsp3) is 0. The highest BCUT2D eigenvalue weighted by atomic mass is 79.9. The maximum atomic E-state index is 10.3. The van der Waals surface area contributed by atoms with Crippen LogP contribution in [0.2, 0.25) is 0 Å². The first-order valence-electron chi connectivity index (χ1n) is 3.13. The summed E-state index contributed by atoms with van der Waals surface area (Å²) in [5.41, 5.74) is -0.269. The molecule has 0 saturated heterocycles. The highest BCUT2D eigenvalue weighted by molar-refractivity contribution is 9.10. The van der Waals surface area contributed by atoms with Crippen molar-refractivity contribution in [3.8, 4) is 11.8 Å². The number of benzene rings is 1. The van der Waals surface area contributed by atoms with Crippen LogP contribution in [0.3, 0.4) is 0 Å². The van der Waals surface area contributed by atoms with E-state index in [0.29, 0.717) is 4.47 Å². The molecule has 0 bridgehead atoms. The van der Waals surface area contributed by atoms with Gasteiger partial charge in [0.05, 0.1) is 10.5 Å². The normalized spacial score (nSPS) is 9.23. The third-order valence-electron chi connectivity index (χ3n) is 1.38. The Morgan fingerprint density at radius 3 is 2.69 bits per heavy atom. The largest absolute Gasteiger partial charge is 0.502 e. The molecule has 0 aliphatic heterocycles. The molecule has 0 amide bonds. The van der Waals surface area contributed by atoms with Crippen LogP contribution >= 0.6 is 15.9 Å². The molecule has 0 aliphatic rings. The average Bonchev–Trinajstić information content (AvgIpc) is 2.07. The molecule has 1 N–H and O–H groups in total. The van der Waals surface area contributed by atoms with Crippen molar-refractivity contribution in [3.05, 3.63) is 32.3 Å². The molecule has 0 spiro atoms. The van der Waals surface area contributed by atoms with Crippen molar-refractivity contribution in [3.63, 3.8) is 0 Å². The lowest BCUT2D eigenvalue weighted by atomic mass is 10.2. The molecule has 6 heteroatoms. The highest BCUT2D eigenvalue weighted by Gasteiger charge is 2.15. The second-order valence-corrected chi connectivity index (χ2v) is 3.04. The molecule has 0 atom stereocenters. The molecular weight excluding hydrogens is 240 g/mol. The average molecular weight is 243 g/mol. The summed E-state index contributed by atoms with van der Waals surface area (Å²) in [4.78, 5) is 9.59. The van der Waals surface area contributed by atoms with E-state index < -0.39 is 16.4 Å². The first-order valence-corrected chi connectivity index (χ1v) is 3.92. The first kappa shape index (κ1) is 9.48. The molecule has 0 fully saturated rings. The van der Waals surface area contributed by atoms with Gasteiger partial charge in [0.2, 0.25) is 0 Å². The van der Waals surface area contributed by atoms with E-state index >= 15 is 0 Å². The van der Waals surface area contributed by atoms with Gasteiger partial charge in [-0.1, -0.05) is 0 Å². The topological polar surface area (TPSA) is 87.2 Å². The summed E-state index contributed by atoms with van der Waals surface area (Å²) >= 11 is 2.97. The molecule has 0 heterocycles. The van der Waals surface area contributed by atoms with E-state index in [-0.39, 0.29) is 5.56 Å². The van der Waals surface area contributed by atoms with E-state index in [1.54, 1.807) is 6.07 Å². The lowest BCUT2D eigenvalue weighted by molar-refractivity contribution is -0.385. The number of phenolic OH excluding ortho intramolecular Hbond substituents is 1. The minimum Gasteiger partial charge on any atom is -0.502 e. The SMILES string of the molecule is N#Cc1cc(O)c([N+](=O)[O-])cc1Br. The maximum absolute atomic E-state index is 10.3. The molecule has 0 aliphatic carbocycles. The minimum atomic E-state index is -0.721. The summed E-state index contributed by atoms with van der Waals surface area (Å²) in [6.07, 6.45) is 0. The Labute approximate surface area is 81.5 Å². The van der Waals surface area contributed by atoms with Crippen molar-refractivity contribution < 1.29 is 10.0 Å². The van der Waals surface area contributed by atoms with Crippen LogP contribution in [0.15, 0.2) is 16.6 Å². The van der Waals surface area contributed by atoms with Crippen molar-refractivity contribution in [2.45, 2.75) is 0 Å². The number of nitriles is 1. The molecule has 1 aromatic carbocycles. The number of nitro benzene ring substituents is 1. The van der Waals surface area contributed by atoms with Crippen LogP contribution in [0.5, 0.6) is 5.75 Å². The Morgan fingerprint density at radius 1 is 1.62 bits per heavy atom. The van der Waals surface area contributed by atoms with Gasteiger partial charge in [-0.2, -0.15) is 5.26 Å². The number of hydrogen-bond acceptors (Lipinski definition) is 4. The third-order valence-corrected chi connectivity index (χ3v) is 2.04. The molecule has 66 valence electrons. The van der Waals surface area contributed by atoms with Gasteiger partial charge >= 0.3 is 5.69 Å². The second kappa shape index (κ2) is 3.41. The molecule has 5 nitrogen and oxygen atoms in total. The van der Waals surface area contributed by atoms with Crippen molar-refractivity contribution >= 4 is 21.6 Å². The van der Waals surface area contributed by atoms with Crippen LogP contribution in [-0.4, -0.2) is 10.0 Å². The molecule has 0 saturated carbocycles. The van der Waals surface area contributed by atoms with Gasteiger partial charge < -0.3 is 5.11 Å². The Bertz CT molecular complexity index is 411. The molecule has 0 unspecified atom stereocenters. The Balaban J connectivity index is 3.39. The predicted octanol–water partition coefficient (Wildman–Crippen LogP) is 1.93. The van der Waals surface area contributed by atoms with Crippen LogP contribution in [0.25, 0.3) is 0 Å². The first-order chi connectivity index (χ1) is 6.06. The van der Waals surface area contributed by atoms with Gasteiger partial charge in [0.25, 0.3) is 0 Å². The smallest absolute Gasteiger partial charge is 0.311 e. The number of nitrogens with zero attached hydrogens (tertiary/aromatic N) is 2. The van der Waals surface area contributed by atoms with Gasteiger partial charge in [0.1, 0.15) is 6.07 Å². The lowest BCUT2D eigenvalue weighted by Crippen LogP contribution is -1.90. The molecular formula is C7H3BrN2O3. The van der Waals surface area contributed by atoms with Crippen molar-refractivity contribution in [2.24, 2.45) is 0 Å². The standard InChI is InChI=1S/C7H3BrN2O3/c8-5-2-6(10(12)13)7(11)1-4(5)3-9/h1-2,11H. The van der Waals surface area contributed by atoms with Crippen molar-refractivity contribution in [2.75, 3.05) is 0 Å². The predicted molar refractivity (Wildman–Crippen MR) is 47.2 cm³/mol. The maximum Gasteiger partial charge on any atom is 0.311 e. The zero-order valence-electron chi connectivity index (χ0n) is 6.19. The fourth-order valence-corrected chi connectivity index (χ4v) is 1.20.